The molecule has 0 aliphatic carbocycles. The second-order valence-corrected chi connectivity index (χ2v) is 6.58. The second kappa shape index (κ2) is 5.91. The van der Waals surface area contributed by atoms with E-state index in [9.17, 15) is 4.39 Å². The number of fused-ring (bicyclic) bond motifs is 3. The number of hydrogen-bond donors (Lipinski definition) is 0. The van der Waals surface area contributed by atoms with Gasteiger partial charge in [0.25, 0.3) is 0 Å². The van der Waals surface area contributed by atoms with Crippen molar-refractivity contribution in [2.24, 2.45) is 4.99 Å². The fourth-order valence-corrected chi connectivity index (χ4v) is 3.47. The number of aryl methyl sites for hydroxylation is 1. The van der Waals surface area contributed by atoms with Crippen LogP contribution >= 0.6 is 11.8 Å². The Morgan fingerprint density at radius 3 is 2.75 bits per heavy atom. The molecule has 5 heteroatoms. The zero-order valence-corrected chi connectivity index (χ0v) is 14.3. The van der Waals surface area contributed by atoms with Crippen LogP contribution in [0.3, 0.4) is 0 Å². The molecule has 1 aromatic heterocycles. The predicted molar refractivity (Wildman–Crippen MR) is 95.8 cm³/mol. The SMILES string of the molecule is CSc1ccc2c(c1)C(c1ccccc1F)=NCc1nc(C)cn1-2. The fraction of sp³-hybridized carbons (Fsp3) is 0.158. The Bertz CT molecular complexity index is 959. The molecule has 0 saturated carbocycles. The average Bonchev–Trinajstić information content (AvgIpc) is 2.90. The molecule has 0 unspecified atom stereocenters. The number of benzene rings is 2. The molecule has 0 atom stereocenters. The maximum Gasteiger partial charge on any atom is 0.135 e. The Balaban J connectivity index is 2.00. The molecular formula is C19H16FN3S. The van der Waals surface area contributed by atoms with Crippen molar-refractivity contribution in [1.82, 2.24) is 9.55 Å². The molecule has 0 bridgehead atoms. The molecule has 0 amide bonds. The molecule has 3 nitrogen and oxygen atoms in total. The Hall–Kier alpha value is -2.40. The second-order valence-electron chi connectivity index (χ2n) is 5.70. The predicted octanol–water partition coefficient (Wildman–Crippen LogP) is 4.39. The van der Waals surface area contributed by atoms with Gasteiger partial charge in [-0.1, -0.05) is 12.1 Å². The van der Waals surface area contributed by atoms with Crippen molar-refractivity contribution in [1.29, 1.82) is 0 Å². The van der Waals surface area contributed by atoms with Gasteiger partial charge in [-0.15, -0.1) is 11.8 Å². The highest BCUT2D eigenvalue weighted by molar-refractivity contribution is 7.98. The maximum absolute atomic E-state index is 14.4. The van der Waals surface area contributed by atoms with E-state index in [2.05, 4.69) is 27.8 Å². The summed E-state index contributed by atoms with van der Waals surface area (Å²) in [6, 6.07) is 13.0. The van der Waals surface area contributed by atoms with Gasteiger partial charge < -0.3 is 4.57 Å². The van der Waals surface area contributed by atoms with E-state index in [0.29, 0.717) is 17.8 Å². The molecule has 4 rings (SSSR count). The fourth-order valence-electron chi connectivity index (χ4n) is 3.03. The van der Waals surface area contributed by atoms with E-state index in [1.807, 2.05) is 25.4 Å². The van der Waals surface area contributed by atoms with Crippen LogP contribution in [0.4, 0.5) is 4.39 Å². The summed E-state index contributed by atoms with van der Waals surface area (Å²) in [5.74, 6) is 0.615. The van der Waals surface area contributed by atoms with Crippen LogP contribution in [0.25, 0.3) is 5.69 Å². The smallest absolute Gasteiger partial charge is 0.135 e. The summed E-state index contributed by atoms with van der Waals surface area (Å²) in [6.45, 7) is 2.40. The van der Waals surface area contributed by atoms with Gasteiger partial charge >= 0.3 is 0 Å². The lowest BCUT2D eigenvalue weighted by atomic mass is 10.00. The molecule has 0 N–H and O–H groups in total. The van der Waals surface area contributed by atoms with Crippen molar-refractivity contribution in [3.63, 3.8) is 0 Å². The van der Waals surface area contributed by atoms with Crippen molar-refractivity contribution in [2.75, 3.05) is 6.26 Å². The highest BCUT2D eigenvalue weighted by Crippen LogP contribution is 2.29. The molecule has 0 saturated heterocycles. The minimum Gasteiger partial charge on any atom is -0.301 e. The van der Waals surface area contributed by atoms with E-state index in [1.54, 1.807) is 23.9 Å². The third-order valence-corrected chi connectivity index (χ3v) is 4.85. The molecule has 0 radical (unpaired) electrons. The lowest BCUT2D eigenvalue weighted by Gasteiger charge is -2.13. The lowest BCUT2D eigenvalue weighted by molar-refractivity contribution is 0.625. The first kappa shape index (κ1) is 15.1. The van der Waals surface area contributed by atoms with Crippen LogP contribution in [0.5, 0.6) is 0 Å². The van der Waals surface area contributed by atoms with Crippen LogP contribution in [0.1, 0.15) is 22.6 Å². The summed E-state index contributed by atoms with van der Waals surface area (Å²) in [4.78, 5) is 10.4. The summed E-state index contributed by atoms with van der Waals surface area (Å²) >= 11 is 1.66. The molecular weight excluding hydrogens is 321 g/mol. The maximum atomic E-state index is 14.4. The van der Waals surface area contributed by atoms with Crippen molar-refractivity contribution < 1.29 is 4.39 Å². The zero-order valence-electron chi connectivity index (χ0n) is 13.5. The van der Waals surface area contributed by atoms with Crippen LogP contribution < -0.4 is 0 Å². The molecule has 120 valence electrons. The number of hydrogen-bond acceptors (Lipinski definition) is 3. The third kappa shape index (κ3) is 2.45. The average molecular weight is 337 g/mol. The number of aliphatic imine (C=N–C) groups is 1. The van der Waals surface area contributed by atoms with E-state index >= 15 is 0 Å². The van der Waals surface area contributed by atoms with Crippen molar-refractivity contribution in [2.45, 2.75) is 18.4 Å². The van der Waals surface area contributed by atoms with E-state index < -0.39 is 0 Å². The van der Waals surface area contributed by atoms with E-state index in [0.717, 1.165) is 27.7 Å². The highest BCUT2D eigenvalue weighted by Gasteiger charge is 2.21. The van der Waals surface area contributed by atoms with Crippen molar-refractivity contribution >= 4 is 17.5 Å². The Kier molecular flexibility index (Phi) is 3.73. The number of thioether (sulfide) groups is 1. The van der Waals surface area contributed by atoms with E-state index in [4.69, 9.17) is 4.99 Å². The van der Waals surface area contributed by atoms with Crippen LogP contribution in [0, 0.1) is 12.7 Å². The van der Waals surface area contributed by atoms with E-state index in [-0.39, 0.29) is 5.82 Å². The van der Waals surface area contributed by atoms with Gasteiger partial charge in [-0.25, -0.2) is 9.37 Å². The van der Waals surface area contributed by atoms with Crippen LogP contribution in [0.15, 0.2) is 58.5 Å². The molecule has 0 fully saturated rings. The van der Waals surface area contributed by atoms with Gasteiger partial charge in [0, 0.05) is 22.2 Å². The molecule has 2 aromatic carbocycles. The Morgan fingerprint density at radius 2 is 1.96 bits per heavy atom. The monoisotopic (exact) mass is 337 g/mol. The van der Waals surface area contributed by atoms with Crippen molar-refractivity contribution in [3.8, 4) is 5.69 Å². The summed E-state index contributed by atoms with van der Waals surface area (Å²) in [6.07, 6.45) is 4.04. The van der Waals surface area contributed by atoms with Crippen LogP contribution in [-0.4, -0.2) is 21.5 Å². The summed E-state index contributed by atoms with van der Waals surface area (Å²) in [5, 5.41) is 0. The number of imidazole rings is 1. The number of rotatable bonds is 2. The third-order valence-electron chi connectivity index (χ3n) is 4.13. The van der Waals surface area contributed by atoms with Gasteiger partial charge in [-0.3, -0.25) is 4.99 Å². The molecule has 3 aromatic rings. The van der Waals surface area contributed by atoms with Gasteiger partial charge in [0.2, 0.25) is 0 Å². The normalized spacial score (nSPS) is 13.0. The van der Waals surface area contributed by atoms with Gasteiger partial charge in [0.05, 0.1) is 23.6 Å². The Labute approximate surface area is 144 Å². The standard InChI is InChI=1S/C19H16FN3S/c1-12-11-23-17-8-7-13(24-2)9-15(17)19(21-10-18(23)22-12)14-5-3-4-6-16(14)20/h3-9,11H,10H2,1-2H3. The van der Waals surface area contributed by atoms with Crippen LogP contribution in [-0.2, 0) is 6.54 Å². The molecule has 24 heavy (non-hydrogen) atoms. The summed E-state index contributed by atoms with van der Waals surface area (Å²) in [5.41, 5.74) is 4.09. The lowest BCUT2D eigenvalue weighted by Crippen LogP contribution is -2.09. The van der Waals surface area contributed by atoms with Gasteiger partial charge in [0.15, 0.2) is 0 Å². The molecule has 1 aliphatic rings. The minimum atomic E-state index is -0.257. The first-order valence-corrected chi connectivity index (χ1v) is 8.93. The van der Waals surface area contributed by atoms with E-state index in [1.165, 1.54) is 6.07 Å². The van der Waals surface area contributed by atoms with Gasteiger partial charge in [0.1, 0.15) is 11.6 Å². The first-order valence-electron chi connectivity index (χ1n) is 7.70. The van der Waals surface area contributed by atoms with Crippen molar-refractivity contribution in [3.05, 3.63) is 77.1 Å². The first-order chi connectivity index (χ1) is 11.7. The largest absolute Gasteiger partial charge is 0.301 e. The number of halogens is 1. The molecule has 1 aliphatic heterocycles. The zero-order chi connectivity index (χ0) is 16.7. The molecule has 0 spiro atoms. The number of nitrogens with zero attached hydrogens (tertiary/aromatic N) is 3. The Morgan fingerprint density at radius 1 is 1.12 bits per heavy atom. The number of aromatic nitrogens is 2. The topological polar surface area (TPSA) is 30.2 Å². The molecule has 2 heterocycles. The summed E-state index contributed by atoms with van der Waals surface area (Å²) in [7, 11) is 0. The van der Waals surface area contributed by atoms with Crippen LogP contribution in [0.2, 0.25) is 0 Å². The van der Waals surface area contributed by atoms with Gasteiger partial charge in [-0.05, 0) is 43.5 Å². The summed E-state index contributed by atoms with van der Waals surface area (Å²) < 4.78 is 16.5. The quantitative estimate of drug-likeness (QED) is 0.649. The van der Waals surface area contributed by atoms with Gasteiger partial charge in [-0.2, -0.15) is 0 Å². The minimum absolute atomic E-state index is 0.257. The highest BCUT2D eigenvalue weighted by atomic mass is 32.2.